The maximum Gasteiger partial charge on any atom is 0.234 e. The highest BCUT2D eigenvalue weighted by atomic mass is 16.1. The smallest absolute Gasteiger partial charge is 0.234 e. The summed E-state index contributed by atoms with van der Waals surface area (Å²) in [6.45, 7) is 2.01. The van der Waals surface area contributed by atoms with Crippen molar-refractivity contribution in [1.82, 2.24) is 24.8 Å². The number of hydrogen-bond acceptors (Lipinski definition) is 4. The number of amides is 1. The molecule has 0 bridgehead atoms. The molecule has 7 nitrogen and oxygen atoms in total. The topological polar surface area (TPSA) is 99.4 Å². The van der Waals surface area contributed by atoms with E-state index in [1.807, 2.05) is 25.3 Å². The first-order valence-electron chi connectivity index (χ1n) is 8.14. The number of carbonyl (C=O) groups is 1. The number of aromatic nitrogens is 4. The van der Waals surface area contributed by atoms with Crippen LogP contribution >= 0.6 is 0 Å². The zero-order chi connectivity index (χ0) is 16.7. The fraction of sp³-hybridized carbons (Fsp3) is 0.412. The van der Waals surface area contributed by atoms with Gasteiger partial charge in [-0.1, -0.05) is 0 Å². The quantitative estimate of drug-likeness (QED) is 0.773. The maximum absolute atomic E-state index is 11.6. The summed E-state index contributed by atoms with van der Waals surface area (Å²) in [4.78, 5) is 23.9. The fourth-order valence-electron chi connectivity index (χ4n) is 3.83. The second-order valence-corrected chi connectivity index (χ2v) is 6.33. The Hall–Kier alpha value is -2.88. The van der Waals surface area contributed by atoms with E-state index in [9.17, 15) is 4.79 Å². The third kappa shape index (κ3) is 2.31. The zero-order valence-electron chi connectivity index (χ0n) is 13.4. The monoisotopic (exact) mass is 322 g/mol. The van der Waals surface area contributed by atoms with Crippen LogP contribution in [0.5, 0.6) is 0 Å². The Balaban J connectivity index is 1.67. The predicted octanol–water partition coefficient (Wildman–Crippen LogP) is 2.34. The number of hydrogen-bond donors (Lipinski definition) is 2. The molecule has 0 aliphatic heterocycles. The Labute approximate surface area is 138 Å². The number of nitriles is 1. The molecule has 24 heavy (non-hydrogen) atoms. The van der Waals surface area contributed by atoms with E-state index < -0.39 is 0 Å². The van der Waals surface area contributed by atoms with Gasteiger partial charge in [-0.3, -0.25) is 4.79 Å². The van der Waals surface area contributed by atoms with Crippen LogP contribution in [-0.2, 0) is 4.79 Å². The first kappa shape index (κ1) is 14.7. The van der Waals surface area contributed by atoms with Crippen molar-refractivity contribution >= 4 is 28.0 Å². The van der Waals surface area contributed by atoms with E-state index in [0.29, 0.717) is 6.04 Å². The molecule has 3 aromatic rings. The summed E-state index contributed by atoms with van der Waals surface area (Å²) in [5.74, 6) is 0.780. The second-order valence-electron chi connectivity index (χ2n) is 6.33. The number of H-pyrrole nitrogens is 1. The number of nitrogens with one attached hydrogen (secondary N) is 2. The Morgan fingerprint density at radius 3 is 3.25 bits per heavy atom. The minimum atomic E-state index is -0.187. The third-order valence-corrected chi connectivity index (χ3v) is 4.79. The highest BCUT2D eigenvalue weighted by Crippen LogP contribution is 2.35. The molecule has 3 heterocycles. The lowest BCUT2D eigenvalue weighted by molar-refractivity contribution is -0.120. The number of nitrogens with zero attached hydrogens (tertiary/aromatic N) is 4. The van der Waals surface area contributed by atoms with Gasteiger partial charge < -0.3 is 14.9 Å². The van der Waals surface area contributed by atoms with E-state index >= 15 is 0 Å². The van der Waals surface area contributed by atoms with E-state index in [2.05, 4.69) is 24.8 Å². The van der Waals surface area contributed by atoms with Gasteiger partial charge in [-0.25, -0.2) is 9.97 Å². The molecular formula is C17H18N6O. The summed E-state index contributed by atoms with van der Waals surface area (Å²) in [5.41, 5.74) is 2.87. The summed E-state index contributed by atoms with van der Waals surface area (Å²) < 4.78 is 2.28. The first-order chi connectivity index (χ1) is 11.7. The minimum absolute atomic E-state index is 0.0795. The maximum atomic E-state index is 11.6. The molecule has 0 aromatic carbocycles. The van der Waals surface area contributed by atoms with Gasteiger partial charge in [0.15, 0.2) is 0 Å². The number of fused-ring (bicyclic) bond motifs is 3. The Kier molecular flexibility index (Phi) is 3.45. The highest BCUT2D eigenvalue weighted by Gasteiger charge is 2.29. The van der Waals surface area contributed by atoms with Crippen LogP contribution in [-0.4, -0.2) is 31.5 Å². The average Bonchev–Trinajstić information content (AvgIpc) is 3.23. The van der Waals surface area contributed by atoms with E-state index in [-0.39, 0.29) is 18.4 Å². The number of rotatable bonds is 3. The van der Waals surface area contributed by atoms with E-state index in [1.54, 1.807) is 6.20 Å². The molecule has 4 rings (SSSR count). The summed E-state index contributed by atoms with van der Waals surface area (Å²) in [6, 6.07) is 4.34. The van der Waals surface area contributed by atoms with E-state index in [0.717, 1.165) is 47.2 Å². The largest absolute Gasteiger partial charge is 0.352 e. The Morgan fingerprint density at radius 2 is 2.42 bits per heavy atom. The van der Waals surface area contributed by atoms with Crippen molar-refractivity contribution in [2.45, 2.75) is 44.7 Å². The van der Waals surface area contributed by atoms with Gasteiger partial charge in [0.2, 0.25) is 5.91 Å². The van der Waals surface area contributed by atoms with Crippen LogP contribution in [0.3, 0.4) is 0 Å². The number of imidazole rings is 1. The number of aromatic amines is 1. The highest BCUT2D eigenvalue weighted by molar-refractivity contribution is 6.01. The molecule has 1 aliphatic rings. The van der Waals surface area contributed by atoms with Gasteiger partial charge in [0.05, 0.1) is 17.8 Å². The lowest BCUT2D eigenvalue weighted by atomic mass is 10.2. The molecule has 2 unspecified atom stereocenters. The van der Waals surface area contributed by atoms with Crippen LogP contribution in [0.4, 0.5) is 0 Å². The second kappa shape index (κ2) is 5.64. The molecule has 0 radical (unpaired) electrons. The van der Waals surface area contributed by atoms with Gasteiger partial charge in [-0.15, -0.1) is 0 Å². The van der Waals surface area contributed by atoms with Crippen molar-refractivity contribution in [3.63, 3.8) is 0 Å². The van der Waals surface area contributed by atoms with Crippen molar-refractivity contribution in [1.29, 1.82) is 5.26 Å². The molecule has 0 saturated heterocycles. The molecule has 1 amide bonds. The molecule has 7 heteroatoms. The normalized spacial score (nSPS) is 20.5. The van der Waals surface area contributed by atoms with Gasteiger partial charge in [0.1, 0.15) is 23.4 Å². The molecular weight excluding hydrogens is 304 g/mol. The van der Waals surface area contributed by atoms with Crippen molar-refractivity contribution in [3.8, 4) is 6.07 Å². The number of carbonyl (C=O) groups excluding carboxylic acids is 1. The summed E-state index contributed by atoms with van der Waals surface area (Å²) in [6.07, 6.45) is 6.38. The number of aryl methyl sites for hydroxylation is 1. The van der Waals surface area contributed by atoms with Crippen LogP contribution in [0.15, 0.2) is 18.5 Å². The molecule has 2 atom stereocenters. The van der Waals surface area contributed by atoms with Crippen LogP contribution < -0.4 is 5.32 Å². The Morgan fingerprint density at radius 1 is 1.54 bits per heavy atom. The molecule has 0 spiro atoms. The van der Waals surface area contributed by atoms with E-state index in [4.69, 9.17) is 5.26 Å². The lowest BCUT2D eigenvalue weighted by Crippen LogP contribution is -2.32. The van der Waals surface area contributed by atoms with Crippen LogP contribution in [0, 0.1) is 18.3 Å². The zero-order valence-corrected chi connectivity index (χ0v) is 13.4. The van der Waals surface area contributed by atoms with Crippen molar-refractivity contribution in [2.75, 3.05) is 0 Å². The van der Waals surface area contributed by atoms with Gasteiger partial charge in [0, 0.05) is 23.7 Å². The standard InChI is InChI=1S/C17H18N6O/c1-10-21-14-9-20-17-13(5-7-19-17)16(14)23(10)12-3-2-11(8-12)22-15(24)4-6-18/h5,7,9,11-12H,2-4,8H2,1H3,(H,19,20)(H,22,24). The van der Waals surface area contributed by atoms with Crippen molar-refractivity contribution in [2.24, 2.45) is 0 Å². The molecule has 2 N–H and O–H groups in total. The first-order valence-corrected chi connectivity index (χ1v) is 8.14. The third-order valence-electron chi connectivity index (χ3n) is 4.79. The van der Waals surface area contributed by atoms with Crippen molar-refractivity contribution in [3.05, 3.63) is 24.3 Å². The summed E-state index contributed by atoms with van der Waals surface area (Å²) >= 11 is 0. The van der Waals surface area contributed by atoms with Gasteiger partial charge in [0.25, 0.3) is 0 Å². The lowest BCUT2D eigenvalue weighted by Gasteiger charge is -2.17. The van der Waals surface area contributed by atoms with E-state index in [1.165, 1.54) is 0 Å². The molecule has 3 aromatic heterocycles. The summed E-state index contributed by atoms with van der Waals surface area (Å²) in [5, 5.41) is 12.6. The van der Waals surface area contributed by atoms with Crippen molar-refractivity contribution < 1.29 is 4.79 Å². The van der Waals surface area contributed by atoms with Gasteiger partial charge in [-0.05, 0) is 32.3 Å². The van der Waals surface area contributed by atoms with Gasteiger partial charge in [-0.2, -0.15) is 5.26 Å². The Bertz CT molecular complexity index is 963. The average molecular weight is 322 g/mol. The predicted molar refractivity (Wildman–Crippen MR) is 89.2 cm³/mol. The molecule has 1 aliphatic carbocycles. The SMILES string of the molecule is Cc1nc2cnc3[nH]ccc3c2n1C1CCC(NC(=O)CC#N)C1. The number of pyridine rings is 1. The molecule has 1 saturated carbocycles. The van der Waals surface area contributed by atoms with Gasteiger partial charge >= 0.3 is 0 Å². The molecule has 1 fully saturated rings. The van der Waals surface area contributed by atoms with Crippen LogP contribution in [0.25, 0.3) is 22.1 Å². The summed E-state index contributed by atoms with van der Waals surface area (Å²) in [7, 11) is 0. The van der Waals surface area contributed by atoms with Crippen LogP contribution in [0.2, 0.25) is 0 Å². The minimum Gasteiger partial charge on any atom is -0.352 e. The molecule has 122 valence electrons. The fourth-order valence-corrected chi connectivity index (χ4v) is 3.83. The van der Waals surface area contributed by atoms with Crippen LogP contribution in [0.1, 0.15) is 37.5 Å².